The van der Waals surface area contributed by atoms with Crippen LogP contribution in [0.15, 0.2) is 48.5 Å². The maximum absolute atomic E-state index is 14.4. The van der Waals surface area contributed by atoms with Gasteiger partial charge in [-0.2, -0.15) is 0 Å². The molecule has 12 heteroatoms. The van der Waals surface area contributed by atoms with Gasteiger partial charge in [0.15, 0.2) is 0 Å². The standard InChI is InChI=1S/C73H128N3O8P/c1-5-9-13-17-23-31-46-68(47-32-24-18-14-10-6-2)83-72(77)52-35-27-21-29-41-63-80-85(79,81-64-42-30-22-28-36-53-73(78)84-69(48-33-25-19-15-11-7-3)49-34-26-20-16-12-8-4)82-65-43-56-74(59-61-75-57-54-66-44-37-39-50-70(66)75)60-62-76-58-55-67-45-38-40-51-71(67)76/h37-40,44-45,50-51,68-69H,5-36,41-43,46-49,52-65H2,1-4H3. The van der Waals surface area contributed by atoms with Gasteiger partial charge in [-0.1, -0.05) is 231 Å². The number of nitrogens with zero attached hydrogens (tertiary/aromatic N) is 3. The third-order valence-electron chi connectivity index (χ3n) is 17.9. The average Bonchev–Trinajstić information content (AvgIpc) is 3.51. The Hall–Kier alpha value is -2.95. The van der Waals surface area contributed by atoms with Crippen molar-refractivity contribution in [2.24, 2.45) is 0 Å². The van der Waals surface area contributed by atoms with Crippen molar-refractivity contribution in [2.45, 2.75) is 316 Å². The SMILES string of the molecule is CCCCCCCCC(CCCCCCCC)OC(=O)CCCCCCCOP(=O)(OCCCCCCCC(=O)OC(CCCCCCCC)CCCCCCCC)OCCCN(CCN1CCc2ccccc21)CCN1CCc2ccccc21. The monoisotopic (exact) mass is 1210 g/mol. The Balaban J connectivity index is 1.23. The minimum absolute atomic E-state index is 0.0422. The summed E-state index contributed by atoms with van der Waals surface area (Å²) in [6.07, 6.45) is 46.8. The fraction of sp³-hybridized carbons (Fsp3) is 0.808. The zero-order chi connectivity index (χ0) is 60.5. The highest BCUT2D eigenvalue weighted by Gasteiger charge is 2.27. The molecule has 2 heterocycles. The van der Waals surface area contributed by atoms with Gasteiger partial charge in [-0.3, -0.25) is 28.1 Å². The number of unbranched alkanes of at least 4 members (excludes halogenated alkanes) is 28. The van der Waals surface area contributed by atoms with E-state index in [1.165, 1.54) is 151 Å². The summed E-state index contributed by atoms with van der Waals surface area (Å²) < 4.78 is 45.0. The molecule has 0 saturated carbocycles. The lowest BCUT2D eigenvalue weighted by atomic mass is 10.0. The van der Waals surface area contributed by atoms with Crippen molar-refractivity contribution in [3.05, 3.63) is 59.7 Å². The predicted octanol–water partition coefficient (Wildman–Crippen LogP) is 20.5. The summed E-state index contributed by atoms with van der Waals surface area (Å²) >= 11 is 0. The lowest BCUT2D eigenvalue weighted by Gasteiger charge is -2.29. The second-order valence-corrected chi connectivity index (χ2v) is 27.0. The van der Waals surface area contributed by atoms with Gasteiger partial charge in [0, 0.05) is 70.0 Å². The molecule has 0 unspecified atom stereocenters. The van der Waals surface area contributed by atoms with Crippen molar-refractivity contribution in [1.29, 1.82) is 0 Å². The van der Waals surface area contributed by atoms with E-state index >= 15 is 0 Å². The number of carbonyl (C=O) groups is 2. The summed E-state index contributed by atoms with van der Waals surface area (Å²) in [5, 5.41) is 0. The Kier molecular flexibility index (Phi) is 43.7. The van der Waals surface area contributed by atoms with Crippen molar-refractivity contribution in [3.8, 4) is 0 Å². The number of esters is 2. The molecule has 0 atom stereocenters. The molecule has 0 N–H and O–H groups in total. The minimum Gasteiger partial charge on any atom is -0.462 e. The average molecular weight is 1210 g/mol. The van der Waals surface area contributed by atoms with Gasteiger partial charge >= 0.3 is 19.8 Å². The predicted molar refractivity (Wildman–Crippen MR) is 358 cm³/mol. The topological polar surface area (TPSA) is 107 Å². The Morgan fingerprint density at radius 3 is 1.11 bits per heavy atom. The molecular weight excluding hydrogens is 1080 g/mol. The zero-order valence-electron chi connectivity index (χ0n) is 55.3. The van der Waals surface area contributed by atoms with Gasteiger partial charge in [0.25, 0.3) is 0 Å². The van der Waals surface area contributed by atoms with Crippen LogP contribution in [0.1, 0.15) is 302 Å². The van der Waals surface area contributed by atoms with Crippen LogP contribution < -0.4 is 9.80 Å². The molecule has 0 spiro atoms. The van der Waals surface area contributed by atoms with E-state index in [1.807, 2.05) is 0 Å². The number of para-hydroxylation sites is 2. The molecule has 11 nitrogen and oxygen atoms in total. The third kappa shape index (κ3) is 35.7. The number of anilines is 2. The molecule has 2 aliphatic rings. The fourth-order valence-electron chi connectivity index (χ4n) is 12.5. The molecule has 0 saturated heterocycles. The highest BCUT2D eigenvalue weighted by Crippen LogP contribution is 2.50. The minimum atomic E-state index is -3.81. The number of ether oxygens (including phenoxy) is 2. The summed E-state index contributed by atoms with van der Waals surface area (Å²) in [5.41, 5.74) is 5.58. The first-order valence-corrected chi connectivity index (χ1v) is 37.5. The van der Waals surface area contributed by atoms with E-state index in [-0.39, 0.29) is 30.8 Å². The number of hydrogen-bond acceptors (Lipinski definition) is 11. The Morgan fingerprint density at radius 2 is 0.729 bits per heavy atom. The number of benzene rings is 2. The molecule has 2 aliphatic heterocycles. The van der Waals surface area contributed by atoms with Gasteiger partial charge in [0.1, 0.15) is 12.2 Å². The second-order valence-electron chi connectivity index (χ2n) is 25.4. The molecule has 2 aromatic carbocycles. The van der Waals surface area contributed by atoms with Crippen LogP contribution in [-0.4, -0.2) is 94.7 Å². The molecule has 2 aromatic rings. The van der Waals surface area contributed by atoms with Gasteiger partial charge in [-0.25, -0.2) is 4.57 Å². The van der Waals surface area contributed by atoms with Crippen molar-refractivity contribution in [1.82, 2.24) is 4.90 Å². The lowest BCUT2D eigenvalue weighted by Crippen LogP contribution is -2.40. The van der Waals surface area contributed by atoms with Gasteiger partial charge in [-0.05, 0) is 120 Å². The largest absolute Gasteiger partial charge is 0.474 e. The number of phosphoric acid groups is 1. The molecule has 0 aliphatic carbocycles. The van der Waals surface area contributed by atoms with Crippen LogP contribution in [-0.2, 0) is 50.0 Å². The summed E-state index contributed by atoms with van der Waals surface area (Å²) in [4.78, 5) is 33.7. The van der Waals surface area contributed by atoms with Crippen LogP contribution in [0.3, 0.4) is 0 Å². The summed E-state index contributed by atoms with van der Waals surface area (Å²) in [7, 11) is -3.81. The molecule has 0 amide bonds. The second kappa shape index (κ2) is 49.9. The van der Waals surface area contributed by atoms with Crippen LogP contribution in [0.25, 0.3) is 0 Å². The number of rotatable bonds is 59. The van der Waals surface area contributed by atoms with Crippen LogP contribution in [0.2, 0.25) is 0 Å². The first kappa shape index (κ1) is 74.5. The normalized spacial score (nSPS) is 13.3. The summed E-state index contributed by atoms with van der Waals surface area (Å²) in [6.45, 7) is 16.7. The quantitative estimate of drug-likeness (QED) is 0.0359. The number of carbonyl (C=O) groups excluding carboxylic acids is 2. The maximum atomic E-state index is 14.4. The molecule has 0 radical (unpaired) electrons. The first-order chi connectivity index (χ1) is 41.8. The molecule has 4 rings (SSSR count). The van der Waals surface area contributed by atoms with E-state index in [0.29, 0.717) is 32.5 Å². The van der Waals surface area contributed by atoms with Crippen molar-refractivity contribution >= 4 is 31.1 Å². The van der Waals surface area contributed by atoms with Crippen LogP contribution in [0.5, 0.6) is 0 Å². The van der Waals surface area contributed by atoms with E-state index in [4.69, 9.17) is 23.0 Å². The maximum Gasteiger partial charge on any atom is 0.474 e. The molecule has 0 fully saturated rings. The van der Waals surface area contributed by atoms with Gasteiger partial charge in [-0.15, -0.1) is 0 Å². The fourth-order valence-corrected chi connectivity index (χ4v) is 13.8. The van der Waals surface area contributed by atoms with Crippen molar-refractivity contribution in [3.63, 3.8) is 0 Å². The molecular formula is C73H128N3O8P. The van der Waals surface area contributed by atoms with Gasteiger partial charge in [0.05, 0.1) is 19.8 Å². The van der Waals surface area contributed by atoms with Crippen LogP contribution in [0.4, 0.5) is 11.4 Å². The van der Waals surface area contributed by atoms with Crippen LogP contribution in [0, 0.1) is 0 Å². The van der Waals surface area contributed by atoms with E-state index in [0.717, 1.165) is 174 Å². The molecule has 85 heavy (non-hydrogen) atoms. The number of phosphoric ester groups is 1. The highest BCUT2D eigenvalue weighted by molar-refractivity contribution is 7.48. The summed E-state index contributed by atoms with van der Waals surface area (Å²) in [5.74, 6) is -0.0843. The van der Waals surface area contributed by atoms with Crippen molar-refractivity contribution in [2.75, 3.05) is 75.4 Å². The first-order valence-electron chi connectivity index (χ1n) is 36.1. The van der Waals surface area contributed by atoms with E-state index in [9.17, 15) is 14.2 Å². The Morgan fingerprint density at radius 1 is 0.412 bits per heavy atom. The van der Waals surface area contributed by atoms with E-state index in [2.05, 4.69) is 90.9 Å². The number of fused-ring (bicyclic) bond motifs is 2. The van der Waals surface area contributed by atoms with Crippen LogP contribution >= 0.6 is 7.82 Å². The van der Waals surface area contributed by atoms with E-state index < -0.39 is 7.82 Å². The highest BCUT2D eigenvalue weighted by atomic mass is 31.2. The van der Waals surface area contributed by atoms with Gasteiger partial charge < -0.3 is 19.3 Å². The Bertz CT molecular complexity index is 1830. The summed E-state index contributed by atoms with van der Waals surface area (Å²) in [6, 6.07) is 17.6. The zero-order valence-corrected chi connectivity index (χ0v) is 56.2. The number of hydrogen-bond donors (Lipinski definition) is 0. The third-order valence-corrected chi connectivity index (χ3v) is 19.4. The lowest BCUT2D eigenvalue weighted by molar-refractivity contribution is -0.151. The van der Waals surface area contributed by atoms with Gasteiger partial charge in [0.2, 0.25) is 0 Å². The van der Waals surface area contributed by atoms with E-state index in [1.54, 1.807) is 0 Å². The smallest absolute Gasteiger partial charge is 0.462 e. The molecule has 0 bridgehead atoms. The molecule has 0 aromatic heterocycles. The van der Waals surface area contributed by atoms with Crippen molar-refractivity contribution < 1.29 is 37.2 Å². The molecule has 488 valence electrons. The Labute approximate surface area is 521 Å².